The molecule has 0 bridgehead atoms. The summed E-state index contributed by atoms with van der Waals surface area (Å²) in [6.45, 7) is 0.0265. The van der Waals surface area contributed by atoms with Gasteiger partial charge in [0, 0.05) is 0 Å². The van der Waals surface area contributed by atoms with E-state index in [0.717, 1.165) is 27.8 Å². The van der Waals surface area contributed by atoms with E-state index in [1.54, 1.807) is 36.4 Å². The lowest BCUT2D eigenvalue weighted by Crippen LogP contribution is -2.41. The number of nitrogens with one attached hydrogen (secondary N) is 2. The lowest BCUT2D eigenvalue weighted by Gasteiger charge is -2.15. The predicted molar refractivity (Wildman–Crippen MR) is 198 cm³/mol. The van der Waals surface area contributed by atoms with Crippen molar-refractivity contribution in [3.63, 3.8) is 0 Å². The van der Waals surface area contributed by atoms with Crippen LogP contribution in [0.5, 0.6) is 0 Å². The Hall–Kier alpha value is -5.88. The Labute approximate surface area is 317 Å². The molecule has 3 N–H and O–H groups in total. The van der Waals surface area contributed by atoms with Gasteiger partial charge in [-0.05, 0) is 52.1 Å². The van der Waals surface area contributed by atoms with Crippen LogP contribution < -0.4 is 9.44 Å². The van der Waals surface area contributed by atoms with Gasteiger partial charge in [-0.2, -0.15) is 19.6 Å². The van der Waals surface area contributed by atoms with Gasteiger partial charge in [0.05, 0.1) is 22.6 Å². The molecule has 0 unspecified atom stereocenters. The Balaban J connectivity index is 0.000000193. The van der Waals surface area contributed by atoms with Crippen LogP contribution in [0.4, 0.5) is 0 Å². The van der Waals surface area contributed by atoms with E-state index in [1.807, 2.05) is 78.9 Å². The first-order valence-corrected chi connectivity index (χ1v) is 19.7. The van der Waals surface area contributed by atoms with Gasteiger partial charge < -0.3 is 0 Å². The summed E-state index contributed by atoms with van der Waals surface area (Å²) in [6.07, 6.45) is -0.703. The van der Waals surface area contributed by atoms with Crippen molar-refractivity contribution in [1.29, 1.82) is 0 Å². The first-order chi connectivity index (χ1) is 26.3. The van der Waals surface area contributed by atoms with Gasteiger partial charge in [-0.15, -0.1) is 0 Å². The second kappa shape index (κ2) is 16.6. The minimum absolute atomic E-state index is 0.0103. The van der Waals surface area contributed by atoms with E-state index in [0.29, 0.717) is 5.06 Å². The Kier molecular flexibility index (Phi) is 11.8. The summed E-state index contributed by atoms with van der Waals surface area (Å²) >= 11 is 0. The van der Waals surface area contributed by atoms with Gasteiger partial charge in [-0.3, -0.25) is 29.2 Å². The first-order valence-electron chi connectivity index (χ1n) is 16.8. The highest BCUT2D eigenvalue weighted by atomic mass is 32.2. The number of carbonyl (C=O) groups is 4. The molecule has 2 heterocycles. The number of hydrogen-bond donors (Lipinski definition) is 3. The largest absolute Gasteiger partial charge is 0.278 e. The maximum absolute atomic E-state index is 12.7. The Morgan fingerprint density at radius 3 is 1.33 bits per heavy atom. The molecule has 16 heteroatoms. The molecule has 2 aliphatic rings. The summed E-state index contributed by atoms with van der Waals surface area (Å²) in [7, 11) is -7.98. The smallest absolute Gasteiger partial charge is 0.272 e. The molecule has 0 aromatic heterocycles. The highest BCUT2D eigenvalue weighted by molar-refractivity contribution is 7.89. The summed E-state index contributed by atoms with van der Waals surface area (Å²) < 4.78 is 54.6. The SMILES string of the molecule is O=C1C[C@@H](NS(=O)(=O)c2ccc(-c3ccccc3)cc2)C(=O)N1OCc1ccccc1.O=C1C[C@H](NS(=O)(=O)c2ccc(-c3ccccc3)cc2)C(=O)N1O. The third-order valence-corrected chi connectivity index (χ3v) is 11.5. The molecule has 2 fully saturated rings. The minimum Gasteiger partial charge on any atom is -0.278 e. The van der Waals surface area contributed by atoms with E-state index >= 15 is 0 Å². The number of carbonyl (C=O) groups excluding carboxylic acids is 4. The molecule has 5 aromatic rings. The molecule has 2 atom stereocenters. The molecule has 0 aliphatic carbocycles. The van der Waals surface area contributed by atoms with Gasteiger partial charge in [-0.25, -0.2) is 16.8 Å². The van der Waals surface area contributed by atoms with Crippen LogP contribution in [0.25, 0.3) is 22.3 Å². The highest BCUT2D eigenvalue weighted by Gasteiger charge is 2.42. The van der Waals surface area contributed by atoms with Gasteiger partial charge in [-0.1, -0.05) is 115 Å². The fourth-order valence-electron chi connectivity index (χ4n) is 5.69. The molecule has 2 saturated heterocycles. The lowest BCUT2D eigenvalue weighted by atomic mass is 10.1. The number of rotatable bonds is 11. The molecule has 7 rings (SSSR count). The molecule has 0 saturated carbocycles. The van der Waals surface area contributed by atoms with Crippen LogP contribution in [0.2, 0.25) is 0 Å². The number of imide groups is 2. The summed E-state index contributed by atoms with van der Waals surface area (Å²) in [4.78, 5) is 52.9. The monoisotopic (exact) mass is 782 g/mol. The number of benzene rings is 5. The van der Waals surface area contributed by atoms with Crippen molar-refractivity contribution < 1.29 is 46.1 Å². The number of hydroxylamine groups is 4. The maximum Gasteiger partial charge on any atom is 0.272 e. The van der Waals surface area contributed by atoms with Crippen LogP contribution in [0.15, 0.2) is 149 Å². The van der Waals surface area contributed by atoms with E-state index in [4.69, 9.17) is 10.0 Å². The van der Waals surface area contributed by atoms with Crippen LogP contribution in [0.3, 0.4) is 0 Å². The van der Waals surface area contributed by atoms with Gasteiger partial charge in [0.15, 0.2) is 0 Å². The van der Waals surface area contributed by atoms with E-state index < -0.39 is 62.2 Å². The fourth-order valence-corrected chi connectivity index (χ4v) is 8.06. The van der Waals surface area contributed by atoms with E-state index in [1.165, 1.54) is 24.3 Å². The molecule has 0 spiro atoms. The average Bonchev–Trinajstić information content (AvgIpc) is 3.60. The standard InChI is InChI=1S/C23H20N2O5S.C16H14N2O5S/c26-22-15-21(23(27)25(22)30-16-17-7-3-1-4-8-17)24-31(28,29)20-13-11-19(12-14-20)18-9-5-2-6-10-18;19-15-10-14(16(20)18(15)21)17-24(22,23)13-8-6-12(7-9-13)11-4-2-1-3-5-11/h1-14,21,24H,15-16H2;1-9,14,17,21H,10H2/t21-;14-/m10/s1. The maximum atomic E-state index is 12.7. The summed E-state index contributed by atoms with van der Waals surface area (Å²) in [5, 5.41) is 9.74. The lowest BCUT2D eigenvalue weighted by molar-refractivity contribution is -0.191. The van der Waals surface area contributed by atoms with Crippen LogP contribution in [-0.4, -0.2) is 67.9 Å². The van der Waals surface area contributed by atoms with E-state index in [9.17, 15) is 36.0 Å². The molecule has 55 heavy (non-hydrogen) atoms. The number of amides is 4. The van der Waals surface area contributed by atoms with Crippen molar-refractivity contribution in [2.24, 2.45) is 0 Å². The van der Waals surface area contributed by atoms with Gasteiger partial charge in [0.2, 0.25) is 20.0 Å². The van der Waals surface area contributed by atoms with Crippen LogP contribution in [0, 0.1) is 0 Å². The predicted octanol–water partition coefficient (Wildman–Crippen LogP) is 4.04. The van der Waals surface area contributed by atoms with Crippen LogP contribution in [0.1, 0.15) is 18.4 Å². The van der Waals surface area contributed by atoms with Crippen molar-refractivity contribution in [3.05, 3.63) is 145 Å². The number of sulfonamides is 2. The fraction of sp³-hybridized carbons (Fsp3) is 0.128. The summed E-state index contributed by atoms with van der Waals surface area (Å²) in [5.74, 6) is -3.14. The molecule has 4 amide bonds. The highest BCUT2D eigenvalue weighted by Crippen LogP contribution is 2.24. The zero-order valence-electron chi connectivity index (χ0n) is 28.9. The van der Waals surface area contributed by atoms with Crippen molar-refractivity contribution in [1.82, 2.24) is 19.6 Å². The van der Waals surface area contributed by atoms with Gasteiger partial charge >= 0.3 is 0 Å². The molecule has 2 aliphatic heterocycles. The second-order valence-electron chi connectivity index (χ2n) is 12.4. The van der Waals surface area contributed by atoms with Gasteiger partial charge in [0.1, 0.15) is 18.7 Å². The van der Waals surface area contributed by atoms with Crippen molar-refractivity contribution in [3.8, 4) is 22.3 Å². The first kappa shape index (κ1) is 38.8. The molecular weight excluding hydrogens is 749 g/mol. The summed E-state index contributed by atoms with van der Waals surface area (Å²) in [5.41, 5.74) is 4.41. The number of nitrogens with zero attached hydrogens (tertiary/aromatic N) is 2. The molecule has 14 nitrogen and oxygen atoms in total. The number of hydrogen-bond acceptors (Lipinski definition) is 10. The summed E-state index contributed by atoms with van der Waals surface area (Å²) in [6, 6.07) is 38.0. The normalized spacial score (nSPS) is 17.3. The van der Waals surface area contributed by atoms with Gasteiger partial charge in [0.25, 0.3) is 23.6 Å². The zero-order valence-corrected chi connectivity index (χ0v) is 30.5. The van der Waals surface area contributed by atoms with Crippen molar-refractivity contribution >= 4 is 43.7 Å². The molecular formula is C39H34N4O10S2. The van der Waals surface area contributed by atoms with Crippen LogP contribution in [-0.2, 0) is 50.7 Å². The molecule has 0 radical (unpaired) electrons. The average molecular weight is 783 g/mol. The Bertz CT molecular complexity index is 2400. The topological polar surface area (TPSA) is 197 Å². The quantitative estimate of drug-likeness (QED) is 0.130. The second-order valence-corrected chi connectivity index (χ2v) is 15.8. The van der Waals surface area contributed by atoms with Crippen LogP contribution >= 0.6 is 0 Å². The third-order valence-electron chi connectivity index (χ3n) is 8.57. The van der Waals surface area contributed by atoms with E-state index in [2.05, 4.69) is 9.44 Å². The van der Waals surface area contributed by atoms with E-state index in [-0.39, 0.29) is 27.9 Å². The van der Waals surface area contributed by atoms with Crippen molar-refractivity contribution in [2.75, 3.05) is 0 Å². The third kappa shape index (κ3) is 9.26. The minimum atomic E-state index is -3.99. The Morgan fingerprint density at radius 2 is 0.909 bits per heavy atom. The Morgan fingerprint density at radius 1 is 0.527 bits per heavy atom. The molecule has 5 aromatic carbocycles. The zero-order chi connectivity index (χ0) is 39.2. The molecule has 282 valence electrons. The van der Waals surface area contributed by atoms with Crippen molar-refractivity contribution in [2.45, 2.75) is 41.3 Å².